The van der Waals surface area contributed by atoms with Crippen molar-refractivity contribution in [3.8, 4) is 0 Å². The first-order chi connectivity index (χ1) is 11.9. The van der Waals surface area contributed by atoms with Crippen molar-refractivity contribution in [1.82, 2.24) is 24.6 Å². The van der Waals surface area contributed by atoms with Crippen molar-refractivity contribution in [2.24, 2.45) is 0 Å². The summed E-state index contributed by atoms with van der Waals surface area (Å²) in [7, 11) is 0. The van der Waals surface area contributed by atoms with Gasteiger partial charge in [-0.1, -0.05) is 5.21 Å². The zero-order chi connectivity index (χ0) is 18.1. The predicted molar refractivity (Wildman–Crippen MR) is 85.8 cm³/mol. The van der Waals surface area contributed by atoms with Crippen molar-refractivity contribution < 1.29 is 18.1 Å². The number of amides is 1. The van der Waals surface area contributed by atoms with Gasteiger partial charge in [-0.15, -0.1) is 9.40 Å². The van der Waals surface area contributed by atoms with Gasteiger partial charge in [0.1, 0.15) is 11.5 Å². The molecule has 0 spiro atoms. The largest absolute Gasteiger partial charge is 0.593 e. The summed E-state index contributed by atoms with van der Waals surface area (Å²) in [5, 5.41) is 9.66. The van der Waals surface area contributed by atoms with Gasteiger partial charge in [0.05, 0.1) is 30.1 Å². The number of aromatic amines is 1. The van der Waals surface area contributed by atoms with Crippen molar-refractivity contribution in [1.29, 1.82) is 0 Å². The van der Waals surface area contributed by atoms with E-state index in [0.717, 1.165) is 6.07 Å². The van der Waals surface area contributed by atoms with E-state index in [1.165, 1.54) is 12.3 Å². The number of carbonyl (C=O) groups excluding carboxylic acids is 1. The van der Waals surface area contributed by atoms with Crippen LogP contribution in [0.1, 0.15) is 24.3 Å². The second-order valence-electron chi connectivity index (χ2n) is 5.95. The first-order valence-electron chi connectivity index (χ1n) is 7.69. The van der Waals surface area contributed by atoms with E-state index >= 15 is 0 Å². The molecule has 1 saturated heterocycles. The predicted octanol–water partition coefficient (Wildman–Crippen LogP) is 1.34. The Morgan fingerprint density at radius 1 is 1.32 bits per heavy atom. The Morgan fingerprint density at radius 3 is 2.72 bits per heavy atom. The van der Waals surface area contributed by atoms with Crippen LogP contribution in [0, 0.1) is 11.6 Å². The Morgan fingerprint density at radius 2 is 2.08 bits per heavy atom. The minimum atomic E-state index is -1.78. The third kappa shape index (κ3) is 3.51. The Labute approximate surface area is 146 Å². The van der Waals surface area contributed by atoms with Crippen LogP contribution in [0.5, 0.6) is 0 Å². The van der Waals surface area contributed by atoms with Crippen molar-refractivity contribution in [2.45, 2.75) is 30.8 Å². The second-order valence-corrected chi connectivity index (χ2v) is 7.36. The molecule has 1 fully saturated rings. The van der Waals surface area contributed by atoms with Crippen molar-refractivity contribution in [3.63, 3.8) is 0 Å². The van der Waals surface area contributed by atoms with Crippen LogP contribution < -0.4 is 0 Å². The molecule has 1 unspecified atom stereocenters. The van der Waals surface area contributed by atoms with Gasteiger partial charge in [0.25, 0.3) is 5.91 Å². The highest BCUT2D eigenvalue weighted by Gasteiger charge is 2.40. The summed E-state index contributed by atoms with van der Waals surface area (Å²) >= 11 is -1.78. The summed E-state index contributed by atoms with van der Waals surface area (Å²) in [6.45, 7) is 4.22. The molecule has 1 amide bonds. The van der Waals surface area contributed by atoms with Crippen molar-refractivity contribution in [3.05, 3.63) is 41.7 Å². The first kappa shape index (κ1) is 17.8. The van der Waals surface area contributed by atoms with Crippen LogP contribution in [0.2, 0.25) is 0 Å². The van der Waals surface area contributed by atoms with E-state index in [-0.39, 0.29) is 35.1 Å². The zero-order valence-corrected chi connectivity index (χ0v) is 14.5. The Kier molecular flexibility index (Phi) is 5.02. The van der Waals surface area contributed by atoms with E-state index in [1.807, 2.05) is 6.92 Å². The number of benzene rings is 1. The van der Waals surface area contributed by atoms with Crippen LogP contribution >= 0.6 is 0 Å². The molecule has 0 aliphatic carbocycles. The van der Waals surface area contributed by atoms with Crippen molar-refractivity contribution >= 4 is 17.3 Å². The number of carbonyl (C=O) groups is 1. The Balaban J connectivity index is 1.76. The molecule has 25 heavy (non-hydrogen) atoms. The minimum absolute atomic E-state index is 0.0713. The van der Waals surface area contributed by atoms with Crippen LogP contribution in [-0.2, 0) is 11.4 Å². The fraction of sp³-hybridized carbons (Fsp3) is 0.400. The topological polar surface area (TPSA) is 88.2 Å². The van der Waals surface area contributed by atoms with E-state index in [0.29, 0.717) is 12.6 Å². The molecule has 1 aromatic carbocycles. The first-order valence-corrected chi connectivity index (χ1v) is 8.79. The zero-order valence-electron chi connectivity index (χ0n) is 13.6. The summed E-state index contributed by atoms with van der Waals surface area (Å²) in [4.78, 5) is 14.0. The molecule has 0 bridgehead atoms. The maximum Gasteiger partial charge on any atom is 0.273 e. The molecule has 1 aliphatic heterocycles. The molecule has 2 heterocycles. The van der Waals surface area contributed by atoms with Crippen LogP contribution in [-0.4, -0.2) is 60.2 Å². The standard InChI is InChI=1S/C15H17F2N5O2S/c1-9-8-22(25(24)14-4-3-11(16)5-12(14)17)10(2)7-21(9)15(23)13-6-18-20-19-13/h3-6,9-10H,7-8H2,1-2H3,(H,18,19,20)/t9-,10+,25?/m0/s1. The van der Waals surface area contributed by atoms with Gasteiger partial charge in [-0.05, 0) is 19.9 Å². The van der Waals surface area contributed by atoms with E-state index in [2.05, 4.69) is 15.4 Å². The normalized spacial score (nSPS) is 22.8. The van der Waals surface area contributed by atoms with Crippen LogP contribution in [0.4, 0.5) is 8.78 Å². The molecule has 1 aromatic heterocycles. The minimum Gasteiger partial charge on any atom is -0.593 e. The average molecular weight is 369 g/mol. The van der Waals surface area contributed by atoms with E-state index in [1.54, 1.807) is 16.1 Å². The van der Waals surface area contributed by atoms with Gasteiger partial charge in [0.15, 0.2) is 5.82 Å². The molecule has 2 aromatic rings. The number of nitrogens with one attached hydrogen (secondary N) is 1. The third-order valence-corrected chi connectivity index (χ3v) is 5.77. The summed E-state index contributed by atoms with van der Waals surface area (Å²) in [5.41, 5.74) is 0.276. The monoisotopic (exact) mass is 369 g/mol. The van der Waals surface area contributed by atoms with Gasteiger partial charge < -0.3 is 9.45 Å². The van der Waals surface area contributed by atoms with Crippen LogP contribution in [0.15, 0.2) is 29.3 Å². The number of halogens is 2. The lowest BCUT2D eigenvalue weighted by molar-refractivity contribution is 0.0501. The summed E-state index contributed by atoms with van der Waals surface area (Å²) in [5.74, 6) is -1.81. The lowest BCUT2D eigenvalue weighted by Gasteiger charge is -2.42. The van der Waals surface area contributed by atoms with Gasteiger partial charge in [-0.25, -0.2) is 8.78 Å². The lowest BCUT2D eigenvalue weighted by atomic mass is 10.1. The van der Waals surface area contributed by atoms with Crippen LogP contribution in [0.3, 0.4) is 0 Å². The summed E-state index contributed by atoms with van der Waals surface area (Å²) < 4.78 is 41.3. The number of rotatable bonds is 3. The van der Waals surface area contributed by atoms with Crippen LogP contribution in [0.25, 0.3) is 0 Å². The smallest absolute Gasteiger partial charge is 0.273 e. The highest BCUT2D eigenvalue weighted by Crippen LogP contribution is 2.26. The Bertz CT molecular complexity index is 760. The molecule has 134 valence electrons. The molecular weight excluding hydrogens is 352 g/mol. The van der Waals surface area contributed by atoms with Gasteiger partial charge in [0, 0.05) is 24.7 Å². The quantitative estimate of drug-likeness (QED) is 0.825. The summed E-state index contributed by atoms with van der Waals surface area (Å²) in [6.07, 6.45) is 1.35. The third-order valence-electron chi connectivity index (χ3n) is 4.13. The fourth-order valence-electron chi connectivity index (χ4n) is 2.81. The molecule has 0 radical (unpaired) electrons. The number of H-pyrrole nitrogens is 1. The molecule has 3 atom stereocenters. The number of hydrogen-bond acceptors (Lipinski definition) is 5. The molecule has 0 saturated carbocycles. The van der Waals surface area contributed by atoms with Gasteiger partial charge in [-0.2, -0.15) is 0 Å². The maximum atomic E-state index is 13.9. The highest BCUT2D eigenvalue weighted by atomic mass is 32.2. The molecule has 1 N–H and O–H groups in total. The van der Waals surface area contributed by atoms with E-state index in [9.17, 15) is 18.1 Å². The number of nitrogens with zero attached hydrogens (tertiary/aromatic N) is 4. The maximum absolute atomic E-state index is 13.9. The van der Waals surface area contributed by atoms with Gasteiger partial charge in [-0.3, -0.25) is 9.89 Å². The summed E-state index contributed by atoms with van der Waals surface area (Å²) in [6, 6.07) is 2.45. The van der Waals surface area contributed by atoms with Gasteiger partial charge in [0.2, 0.25) is 4.90 Å². The van der Waals surface area contributed by atoms with Crippen molar-refractivity contribution in [2.75, 3.05) is 13.1 Å². The number of aromatic nitrogens is 3. The molecule has 1 aliphatic rings. The SMILES string of the molecule is C[C@@H]1CN(C(=O)c2cnn[nH]2)[C@@H](C)CN1[S+]([O-])c1ccc(F)cc1F. The molecule has 10 heteroatoms. The van der Waals surface area contributed by atoms with Gasteiger partial charge >= 0.3 is 0 Å². The number of hydrogen-bond donors (Lipinski definition) is 1. The average Bonchev–Trinajstić information content (AvgIpc) is 3.10. The molecular formula is C15H17F2N5O2S. The fourth-order valence-corrected chi connectivity index (χ4v) is 4.22. The molecule has 7 nitrogen and oxygen atoms in total. The highest BCUT2D eigenvalue weighted by molar-refractivity contribution is 7.89. The lowest BCUT2D eigenvalue weighted by Crippen LogP contribution is -2.59. The molecule has 3 rings (SSSR count). The van der Waals surface area contributed by atoms with E-state index in [4.69, 9.17) is 0 Å². The number of piperazine rings is 1. The second kappa shape index (κ2) is 7.06. The Hall–Kier alpha value is -2.04. The van der Waals surface area contributed by atoms with E-state index < -0.39 is 23.0 Å².